The van der Waals surface area contributed by atoms with Gasteiger partial charge in [0.15, 0.2) is 4.80 Å². The van der Waals surface area contributed by atoms with E-state index in [1.165, 1.54) is 15.6 Å². The number of carbonyl (C=O) groups is 1. The highest BCUT2D eigenvalue weighted by Crippen LogP contribution is 2.25. The number of amides is 1. The molecule has 6 nitrogen and oxygen atoms in total. The molecule has 2 aromatic carbocycles. The molecule has 4 rings (SSSR count). The molecule has 1 aromatic heterocycles. The van der Waals surface area contributed by atoms with Crippen molar-refractivity contribution >= 4 is 49.1 Å². The fourth-order valence-corrected chi connectivity index (χ4v) is 6.65. The number of sulfonamides is 1. The van der Waals surface area contributed by atoms with E-state index in [2.05, 4.69) is 4.99 Å². The Morgan fingerprint density at radius 3 is 2.73 bits per heavy atom. The fourth-order valence-electron chi connectivity index (χ4n) is 3.73. The SMILES string of the molecule is CCn1c(=NC(=O)C2CCCN(S(=O)(=O)c3ccccc3)C2)sc2cc(Cl)ccc21. The van der Waals surface area contributed by atoms with Gasteiger partial charge in [-0.3, -0.25) is 4.79 Å². The minimum Gasteiger partial charge on any atom is -0.317 e. The van der Waals surface area contributed by atoms with Gasteiger partial charge in [0.25, 0.3) is 5.91 Å². The lowest BCUT2D eigenvalue weighted by molar-refractivity contribution is -0.122. The van der Waals surface area contributed by atoms with Gasteiger partial charge in [0.1, 0.15) is 0 Å². The molecular weight excluding hydrogens is 442 g/mol. The van der Waals surface area contributed by atoms with Crippen LogP contribution in [0.15, 0.2) is 58.4 Å². The third-order valence-corrected chi connectivity index (χ3v) is 8.44. The van der Waals surface area contributed by atoms with Crippen molar-refractivity contribution in [2.24, 2.45) is 10.9 Å². The molecule has 9 heteroatoms. The van der Waals surface area contributed by atoms with Crippen LogP contribution in [0, 0.1) is 5.92 Å². The number of piperidine rings is 1. The number of rotatable bonds is 4. The van der Waals surface area contributed by atoms with Gasteiger partial charge in [0, 0.05) is 24.7 Å². The summed E-state index contributed by atoms with van der Waals surface area (Å²) in [5, 5.41) is 0.638. The minimum absolute atomic E-state index is 0.155. The van der Waals surface area contributed by atoms with Gasteiger partial charge in [-0.25, -0.2) is 8.42 Å². The van der Waals surface area contributed by atoms with Crippen LogP contribution in [0.2, 0.25) is 5.02 Å². The molecule has 1 saturated heterocycles. The van der Waals surface area contributed by atoms with Crippen molar-refractivity contribution in [2.45, 2.75) is 31.2 Å². The minimum atomic E-state index is -3.62. The van der Waals surface area contributed by atoms with Crippen molar-refractivity contribution in [1.82, 2.24) is 8.87 Å². The summed E-state index contributed by atoms with van der Waals surface area (Å²) in [5.74, 6) is -0.723. The van der Waals surface area contributed by atoms with E-state index in [9.17, 15) is 13.2 Å². The zero-order valence-electron chi connectivity index (χ0n) is 16.5. The predicted octanol–water partition coefficient (Wildman–Crippen LogP) is 3.90. The zero-order chi connectivity index (χ0) is 21.3. The zero-order valence-corrected chi connectivity index (χ0v) is 18.9. The summed E-state index contributed by atoms with van der Waals surface area (Å²) in [6, 6.07) is 14.0. The van der Waals surface area contributed by atoms with E-state index in [1.54, 1.807) is 30.3 Å². The third-order valence-electron chi connectivity index (χ3n) is 5.28. The van der Waals surface area contributed by atoms with E-state index in [-0.39, 0.29) is 17.3 Å². The molecule has 0 N–H and O–H groups in total. The topological polar surface area (TPSA) is 71.7 Å². The normalized spacial score (nSPS) is 18.7. The molecule has 1 amide bonds. The van der Waals surface area contributed by atoms with Crippen molar-refractivity contribution in [3.63, 3.8) is 0 Å². The van der Waals surface area contributed by atoms with E-state index in [0.717, 1.165) is 10.2 Å². The number of nitrogens with zero attached hydrogens (tertiary/aromatic N) is 3. The molecular formula is C21H22ClN3O3S2. The Kier molecular flexibility index (Phi) is 6.11. The monoisotopic (exact) mass is 463 g/mol. The molecule has 1 aliphatic heterocycles. The molecule has 1 atom stereocenters. The van der Waals surface area contributed by atoms with Crippen LogP contribution in [0.25, 0.3) is 10.2 Å². The van der Waals surface area contributed by atoms with E-state index in [4.69, 9.17) is 11.6 Å². The van der Waals surface area contributed by atoms with Crippen molar-refractivity contribution in [3.8, 4) is 0 Å². The van der Waals surface area contributed by atoms with Gasteiger partial charge in [-0.15, -0.1) is 0 Å². The van der Waals surface area contributed by atoms with Gasteiger partial charge in [-0.1, -0.05) is 41.1 Å². The quantitative estimate of drug-likeness (QED) is 0.589. The molecule has 0 saturated carbocycles. The van der Waals surface area contributed by atoms with E-state index in [0.29, 0.717) is 35.8 Å². The highest BCUT2D eigenvalue weighted by molar-refractivity contribution is 7.89. The van der Waals surface area contributed by atoms with Crippen LogP contribution in [0.4, 0.5) is 0 Å². The van der Waals surface area contributed by atoms with Crippen molar-refractivity contribution in [1.29, 1.82) is 0 Å². The summed E-state index contributed by atoms with van der Waals surface area (Å²) < 4.78 is 30.2. The van der Waals surface area contributed by atoms with Crippen LogP contribution >= 0.6 is 22.9 Å². The van der Waals surface area contributed by atoms with Gasteiger partial charge in [-0.05, 0) is 50.1 Å². The summed E-state index contributed by atoms with van der Waals surface area (Å²) in [5.41, 5.74) is 0.982. The smallest absolute Gasteiger partial charge is 0.252 e. The molecule has 0 bridgehead atoms. The summed E-state index contributed by atoms with van der Waals surface area (Å²) >= 11 is 7.52. The molecule has 1 unspecified atom stereocenters. The maximum absolute atomic E-state index is 13.0. The van der Waals surface area contributed by atoms with Gasteiger partial charge in [0.2, 0.25) is 10.0 Å². The first-order valence-corrected chi connectivity index (χ1v) is 12.5. The molecule has 0 aliphatic carbocycles. The predicted molar refractivity (Wildman–Crippen MR) is 119 cm³/mol. The molecule has 1 fully saturated rings. The lowest BCUT2D eigenvalue weighted by atomic mass is 9.99. The molecule has 2 heterocycles. The molecule has 0 spiro atoms. The summed E-state index contributed by atoms with van der Waals surface area (Å²) in [6.07, 6.45) is 1.26. The Bertz CT molecular complexity index is 1250. The maximum atomic E-state index is 13.0. The number of benzene rings is 2. The number of aromatic nitrogens is 1. The number of thiazole rings is 1. The van der Waals surface area contributed by atoms with Gasteiger partial charge < -0.3 is 4.57 Å². The number of aryl methyl sites for hydroxylation is 1. The second-order valence-electron chi connectivity index (χ2n) is 7.21. The van der Waals surface area contributed by atoms with Crippen LogP contribution in [0.1, 0.15) is 19.8 Å². The first-order chi connectivity index (χ1) is 14.4. The average molecular weight is 464 g/mol. The number of hydrogen-bond donors (Lipinski definition) is 0. The Hall–Kier alpha value is -2.00. The number of fused-ring (bicyclic) bond motifs is 1. The molecule has 0 radical (unpaired) electrons. The Labute approximate surface area is 184 Å². The van der Waals surface area contributed by atoms with Crippen LogP contribution in [-0.2, 0) is 21.4 Å². The first kappa shape index (κ1) is 21.2. The number of carbonyl (C=O) groups excluding carboxylic acids is 1. The van der Waals surface area contributed by atoms with Crippen molar-refractivity contribution in [2.75, 3.05) is 13.1 Å². The van der Waals surface area contributed by atoms with E-state index in [1.807, 2.05) is 29.7 Å². The van der Waals surface area contributed by atoms with Gasteiger partial charge in [-0.2, -0.15) is 9.30 Å². The summed E-state index contributed by atoms with van der Waals surface area (Å²) in [4.78, 5) is 18.2. The Morgan fingerprint density at radius 1 is 1.23 bits per heavy atom. The van der Waals surface area contributed by atoms with E-state index >= 15 is 0 Å². The second-order valence-corrected chi connectivity index (χ2v) is 10.6. The maximum Gasteiger partial charge on any atom is 0.252 e. The van der Waals surface area contributed by atoms with Crippen LogP contribution in [0.5, 0.6) is 0 Å². The van der Waals surface area contributed by atoms with Crippen molar-refractivity contribution < 1.29 is 13.2 Å². The standard InChI is InChI=1S/C21H22ClN3O3S2/c1-2-25-18-11-10-16(22)13-19(18)29-21(25)23-20(26)15-7-6-12-24(14-15)30(27,28)17-8-4-3-5-9-17/h3-5,8-11,13,15H,2,6-7,12,14H2,1H3. The largest absolute Gasteiger partial charge is 0.317 e. The lowest BCUT2D eigenvalue weighted by Gasteiger charge is -2.30. The fraction of sp³-hybridized carbons (Fsp3) is 0.333. The van der Waals surface area contributed by atoms with Crippen LogP contribution in [-0.4, -0.2) is 36.3 Å². The Morgan fingerprint density at radius 2 is 2.00 bits per heavy atom. The average Bonchev–Trinajstić information content (AvgIpc) is 3.10. The highest BCUT2D eigenvalue weighted by atomic mass is 35.5. The number of halogens is 1. The van der Waals surface area contributed by atoms with Crippen molar-refractivity contribution in [3.05, 3.63) is 58.4 Å². The van der Waals surface area contributed by atoms with E-state index < -0.39 is 15.9 Å². The van der Waals surface area contributed by atoms with Crippen LogP contribution < -0.4 is 4.80 Å². The molecule has 1 aliphatic rings. The van der Waals surface area contributed by atoms with Gasteiger partial charge >= 0.3 is 0 Å². The van der Waals surface area contributed by atoms with Gasteiger partial charge in [0.05, 0.1) is 21.0 Å². The summed E-state index contributed by atoms with van der Waals surface area (Å²) in [7, 11) is -3.62. The van der Waals surface area contributed by atoms with Crippen LogP contribution in [0.3, 0.4) is 0 Å². The Balaban J connectivity index is 1.62. The number of hydrogen-bond acceptors (Lipinski definition) is 4. The molecule has 158 valence electrons. The first-order valence-electron chi connectivity index (χ1n) is 9.83. The highest BCUT2D eigenvalue weighted by Gasteiger charge is 2.33. The third kappa shape index (κ3) is 4.09. The lowest BCUT2D eigenvalue weighted by Crippen LogP contribution is -2.42. The summed E-state index contributed by atoms with van der Waals surface area (Å²) in [6.45, 7) is 3.24. The molecule has 30 heavy (non-hydrogen) atoms. The second kappa shape index (κ2) is 8.63. The molecule has 3 aromatic rings.